The fraction of sp³-hybridized carbons (Fsp3) is 0.200. The summed E-state index contributed by atoms with van der Waals surface area (Å²) >= 11 is 0. The van der Waals surface area contributed by atoms with Crippen molar-refractivity contribution in [2.75, 3.05) is 0 Å². The van der Waals surface area contributed by atoms with Crippen molar-refractivity contribution in [3.8, 4) is 0 Å². The van der Waals surface area contributed by atoms with Crippen LogP contribution in [-0.4, -0.2) is 22.2 Å². The van der Waals surface area contributed by atoms with Gasteiger partial charge in [0.1, 0.15) is 0 Å². The lowest BCUT2D eigenvalue weighted by Gasteiger charge is -2.12. The Kier molecular flexibility index (Phi) is 5.35. The molecule has 1 heterocycles. The Labute approximate surface area is 148 Å². The van der Waals surface area contributed by atoms with Gasteiger partial charge in [0.15, 0.2) is 0 Å². The summed E-state index contributed by atoms with van der Waals surface area (Å²) < 4.78 is 38.5. The number of halogens is 3. The molecule has 0 saturated carbocycles. The van der Waals surface area contributed by atoms with Crippen molar-refractivity contribution in [3.05, 3.63) is 69.9 Å². The number of fused-ring (bicyclic) bond motifs is 1. The van der Waals surface area contributed by atoms with E-state index in [9.17, 15) is 23.1 Å². The molecule has 1 aliphatic rings. The van der Waals surface area contributed by atoms with Crippen molar-refractivity contribution in [2.45, 2.75) is 26.4 Å². The van der Waals surface area contributed by atoms with Crippen LogP contribution in [0.1, 0.15) is 35.0 Å². The third-order valence-electron chi connectivity index (χ3n) is 4.06. The van der Waals surface area contributed by atoms with Crippen molar-refractivity contribution >= 4 is 23.7 Å². The average Bonchev–Trinajstić information content (AvgIpc) is 2.72. The molecule has 1 aromatic rings. The summed E-state index contributed by atoms with van der Waals surface area (Å²) in [6.07, 6.45) is 3.26. The van der Waals surface area contributed by atoms with Gasteiger partial charge in [-0.05, 0) is 38.0 Å². The van der Waals surface area contributed by atoms with E-state index in [1.165, 1.54) is 13.0 Å². The molecule has 0 spiro atoms. The number of allylic oxidation sites excluding steroid dienone is 6. The Morgan fingerprint density at radius 2 is 1.96 bits per heavy atom. The Hall–Kier alpha value is -2.89. The average molecular weight is 361 g/mol. The molecule has 0 radical (unpaired) electrons. The summed E-state index contributed by atoms with van der Waals surface area (Å²) in [5.41, 5.74) is 0.458. The third kappa shape index (κ3) is 3.85. The molecule has 0 aliphatic heterocycles. The van der Waals surface area contributed by atoms with Crippen molar-refractivity contribution in [3.63, 3.8) is 0 Å². The van der Waals surface area contributed by atoms with Gasteiger partial charge in [0.05, 0.1) is 16.6 Å². The van der Waals surface area contributed by atoms with Crippen LogP contribution in [-0.2, 0) is 0 Å². The lowest BCUT2D eigenvalue weighted by Crippen LogP contribution is -2.36. The number of alkyl halides is 3. The van der Waals surface area contributed by atoms with Gasteiger partial charge in [-0.25, -0.2) is 9.78 Å². The maximum Gasteiger partial charge on any atom is 0.415 e. The molecule has 0 bridgehead atoms. The minimum atomic E-state index is -4.59. The lowest BCUT2D eigenvalue weighted by molar-refractivity contribution is -0.0877. The molecule has 0 aromatic carbocycles. The zero-order valence-electron chi connectivity index (χ0n) is 14.4. The first-order chi connectivity index (χ1) is 12.1. The lowest BCUT2D eigenvalue weighted by atomic mass is 9.98. The molecule has 2 rings (SSSR count). The smallest absolute Gasteiger partial charge is 0.415 e. The number of pyridine rings is 1. The monoisotopic (exact) mass is 361 g/mol. The molecule has 1 N–H and O–H groups in total. The highest BCUT2D eigenvalue weighted by Gasteiger charge is 2.30. The van der Waals surface area contributed by atoms with E-state index in [2.05, 4.69) is 18.1 Å². The highest BCUT2D eigenvalue weighted by atomic mass is 19.4. The zero-order valence-corrected chi connectivity index (χ0v) is 14.4. The number of carbonyl (C=O) groups is 1. The fourth-order valence-electron chi connectivity index (χ4n) is 2.65. The Morgan fingerprint density at radius 3 is 2.50 bits per heavy atom. The SMILES string of the molecule is C=C/C(=C\C(=C)C(F)(F)F)c1nc2c(c(C(=O)O)c1C)=CCC(C)=CC=2. The normalized spacial score (nSPS) is 14.3. The standard InChI is InChI=1S/C20H18F3NO2/c1-5-14(10-12(3)20(21,22)23)18-13(4)17(19(25)26)15-8-6-11(2)7-9-16(15)24-18/h5,7-10H,1,3,6H2,2,4H3,(H,25,26)/b14-10+. The van der Waals surface area contributed by atoms with Crippen molar-refractivity contribution in [2.24, 2.45) is 0 Å². The van der Waals surface area contributed by atoms with Crippen LogP contribution in [0.4, 0.5) is 13.2 Å². The third-order valence-corrected chi connectivity index (χ3v) is 4.06. The first-order valence-corrected chi connectivity index (χ1v) is 7.78. The molecule has 0 atom stereocenters. The number of rotatable bonds is 4. The number of carboxylic acids is 1. The van der Waals surface area contributed by atoms with Gasteiger partial charge in [-0.15, -0.1) is 0 Å². The second-order valence-electron chi connectivity index (χ2n) is 5.98. The maximum atomic E-state index is 12.8. The number of hydrogen-bond donors (Lipinski definition) is 1. The van der Waals surface area contributed by atoms with Crippen LogP contribution in [0.15, 0.2) is 42.5 Å². The number of carboxylic acid groups (broad SMARTS) is 1. The Balaban J connectivity index is 2.85. The molecular weight excluding hydrogens is 343 g/mol. The van der Waals surface area contributed by atoms with Gasteiger partial charge in [0.25, 0.3) is 0 Å². The minimum Gasteiger partial charge on any atom is -0.478 e. The highest BCUT2D eigenvalue weighted by molar-refractivity contribution is 5.92. The zero-order chi connectivity index (χ0) is 19.6. The largest absolute Gasteiger partial charge is 0.478 e. The van der Waals surface area contributed by atoms with Gasteiger partial charge in [-0.2, -0.15) is 13.2 Å². The van der Waals surface area contributed by atoms with Crippen LogP contribution in [0.2, 0.25) is 0 Å². The van der Waals surface area contributed by atoms with E-state index in [-0.39, 0.29) is 22.4 Å². The molecule has 0 amide bonds. The van der Waals surface area contributed by atoms with E-state index < -0.39 is 17.7 Å². The quantitative estimate of drug-likeness (QED) is 0.833. The second kappa shape index (κ2) is 7.15. The van der Waals surface area contributed by atoms with E-state index in [0.29, 0.717) is 17.0 Å². The van der Waals surface area contributed by atoms with Gasteiger partial charge in [-0.1, -0.05) is 37.0 Å². The van der Waals surface area contributed by atoms with E-state index in [4.69, 9.17) is 0 Å². The number of hydrogen-bond acceptors (Lipinski definition) is 2. The summed E-state index contributed by atoms with van der Waals surface area (Å²) in [6, 6.07) is 0. The summed E-state index contributed by atoms with van der Waals surface area (Å²) in [5.74, 6) is -1.16. The van der Waals surface area contributed by atoms with Gasteiger partial charge in [-0.3, -0.25) is 0 Å². The predicted molar refractivity (Wildman–Crippen MR) is 95.9 cm³/mol. The number of aromatic carboxylic acids is 1. The van der Waals surface area contributed by atoms with E-state index in [1.54, 1.807) is 12.2 Å². The number of aromatic nitrogens is 1. The summed E-state index contributed by atoms with van der Waals surface area (Å²) in [6.45, 7) is 9.98. The van der Waals surface area contributed by atoms with Crippen LogP contribution >= 0.6 is 0 Å². The van der Waals surface area contributed by atoms with Crippen LogP contribution in [0.5, 0.6) is 0 Å². The van der Waals surface area contributed by atoms with Gasteiger partial charge in [0.2, 0.25) is 0 Å². The first-order valence-electron chi connectivity index (χ1n) is 7.78. The van der Waals surface area contributed by atoms with Crippen molar-refractivity contribution in [1.82, 2.24) is 4.98 Å². The van der Waals surface area contributed by atoms with E-state index in [1.807, 2.05) is 13.0 Å². The molecule has 1 aliphatic carbocycles. The number of nitrogens with zero attached hydrogens (tertiary/aromatic N) is 1. The van der Waals surface area contributed by atoms with E-state index in [0.717, 1.165) is 11.6 Å². The topological polar surface area (TPSA) is 50.2 Å². The van der Waals surface area contributed by atoms with Crippen molar-refractivity contribution in [1.29, 1.82) is 0 Å². The molecule has 0 fully saturated rings. The summed E-state index contributed by atoms with van der Waals surface area (Å²) in [5, 5.41) is 10.5. The molecule has 26 heavy (non-hydrogen) atoms. The molecule has 0 unspecified atom stereocenters. The molecule has 3 nitrogen and oxygen atoms in total. The van der Waals surface area contributed by atoms with Gasteiger partial charge < -0.3 is 5.11 Å². The highest BCUT2D eigenvalue weighted by Crippen LogP contribution is 2.28. The second-order valence-corrected chi connectivity index (χ2v) is 5.98. The molecule has 0 saturated heterocycles. The predicted octanol–water partition coefficient (Wildman–Crippen LogP) is 3.69. The fourth-order valence-corrected chi connectivity index (χ4v) is 2.65. The van der Waals surface area contributed by atoms with Crippen LogP contribution in [0, 0.1) is 6.92 Å². The van der Waals surface area contributed by atoms with Crippen LogP contribution < -0.4 is 10.6 Å². The van der Waals surface area contributed by atoms with Gasteiger partial charge in [0, 0.05) is 16.4 Å². The molecule has 136 valence electrons. The Bertz CT molecular complexity index is 980. The van der Waals surface area contributed by atoms with Gasteiger partial charge >= 0.3 is 12.1 Å². The van der Waals surface area contributed by atoms with Crippen LogP contribution in [0.25, 0.3) is 17.7 Å². The van der Waals surface area contributed by atoms with Crippen molar-refractivity contribution < 1.29 is 23.1 Å². The Morgan fingerprint density at radius 1 is 1.31 bits per heavy atom. The first kappa shape index (κ1) is 19.4. The molecule has 6 heteroatoms. The molecule has 1 aromatic heterocycles. The summed E-state index contributed by atoms with van der Waals surface area (Å²) in [7, 11) is 0. The maximum absolute atomic E-state index is 12.8. The summed E-state index contributed by atoms with van der Waals surface area (Å²) in [4.78, 5) is 16.2. The molecular formula is C20H18F3NO2. The van der Waals surface area contributed by atoms with Crippen LogP contribution in [0.3, 0.4) is 0 Å². The van der Waals surface area contributed by atoms with E-state index >= 15 is 0 Å². The minimum absolute atomic E-state index is 0.0229.